The minimum atomic E-state index is -3.33. The molecule has 0 aromatic rings. The van der Waals surface area contributed by atoms with Crippen LogP contribution in [-0.4, -0.2) is 39.0 Å². The molecule has 1 aliphatic carbocycles. The lowest BCUT2D eigenvalue weighted by molar-refractivity contribution is 0.0910. The summed E-state index contributed by atoms with van der Waals surface area (Å²) < 4.78 is 32.6. The monoisotopic (exact) mass is 306 g/mol. The molecule has 0 spiro atoms. The fourth-order valence-corrected chi connectivity index (χ4v) is 4.07. The second-order valence-corrected chi connectivity index (χ2v) is 7.93. The lowest BCUT2D eigenvalue weighted by atomic mass is 9.85. The van der Waals surface area contributed by atoms with Crippen LogP contribution in [0.25, 0.3) is 0 Å². The summed E-state index contributed by atoms with van der Waals surface area (Å²) in [6.45, 7) is 4.40. The van der Waals surface area contributed by atoms with Crippen molar-refractivity contribution in [3.8, 4) is 0 Å². The second-order valence-electron chi connectivity index (χ2n) is 6.09. The normalized spacial score (nSPS) is 20.6. The summed E-state index contributed by atoms with van der Waals surface area (Å²) in [5.74, 6) is 0.00687. The van der Waals surface area contributed by atoms with Crippen molar-refractivity contribution >= 4 is 10.0 Å². The van der Waals surface area contributed by atoms with Crippen LogP contribution in [0.4, 0.5) is 0 Å². The number of nitrogens with two attached hydrogens (primary N) is 1. The van der Waals surface area contributed by atoms with Gasteiger partial charge in [0.15, 0.2) is 0 Å². The van der Waals surface area contributed by atoms with Crippen molar-refractivity contribution in [2.75, 3.05) is 18.9 Å². The average molecular weight is 306 g/mol. The van der Waals surface area contributed by atoms with Gasteiger partial charge >= 0.3 is 0 Å². The van der Waals surface area contributed by atoms with Gasteiger partial charge < -0.3 is 10.5 Å². The fraction of sp³-hybridized carbons (Fsp3) is 1.00. The first-order chi connectivity index (χ1) is 9.39. The number of nitrogens with one attached hydrogen (secondary N) is 1. The highest BCUT2D eigenvalue weighted by atomic mass is 32.2. The maximum Gasteiger partial charge on any atom is 0.214 e. The van der Waals surface area contributed by atoms with Gasteiger partial charge in [-0.25, -0.2) is 13.1 Å². The zero-order chi connectivity index (χ0) is 15.1. The van der Waals surface area contributed by atoms with Gasteiger partial charge in [-0.05, 0) is 26.7 Å². The van der Waals surface area contributed by atoms with E-state index in [-0.39, 0.29) is 18.5 Å². The van der Waals surface area contributed by atoms with Crippen LogP contribution in [0.2, 0.25) is 0 Å². The average Bonchev–Trinajstić information content (AvgIpc) is 2.32. The Balaban J connectivity index is 2.59. The van der Waals surface area contributed by atoms with Gasteiger partial charge in [0.2, 0.25) is 10.0 Å². The summed E-state index contributed by atoms with van der Waals surface area (Å²) in [6, 6.07) is 0. The Labute approximate surface area is 123 Å². The molecule has 0 heterocycles. The van der Waals surface area contributed by atoms with Crippen LogP contribution in [0.1, 0.15) is 58.8 Å². The van der Waals surface area contributed by atoms with E-state index < -0.39 is 15.6 Å². The third-order valence-corrected chi connectivity index (χ3v) is 5.32. The molecule has 1 fully saturated rings. The maximum atomic E-state index is 12.2. The smallest absolute Gasteiger partial charge is 0.214 e. The van der Waals surface area contributed by atoms with Crippen LogP contribution in [0.3, 0.4) is 0 Å². The fourth-order valence-electron chi connectivity index (χ4n) is 2.70. The Morgan fingerprint density at radius 1 is 1.15 bits per heavy atom. The van der Waals surface area contributed by atoms with Crippen molar-refractivity contribution in [1.29, 1.82) is 0 Å². The lowest BCUT2D eigenvalue weighted by Crippen LogP contribution is -2.54. The van der Waals surface area contributed by atoms with Crippen molar-refractivity contribution in [2.45, 2.75) is 70.4 Å². The minimum absolute atomic E-state index is 0.00687. The maximum absolute atomic E-state index is 12.2. The zero-order valence-electron chi connectivity index (χ0n) is 12.9. The van der Waals surface area contributed by atoms with Crippen LogP contribution in [0.5, 0.6) is 0 Å². The van der Waals surface area contributed by atoms with Gasteiger partial charge in [-0.15, -0.1) is 0 Å². The molecule has 0 atom stereocenters. The molecule has 6 heteroatoms. The quantitative estimate of drug-likeness (QED) is 0.751. The molecule has 0 saturated heterocycles. The summed E-state index contributed by atoms with van der Waals surface area (Å²) in [7, 11) is -3.33. The molecule has 120 valence electrons. The van der Waals surface area contributed by atoms with E-state index in [9.17, 15) is 8.42 Å². The zero-order valence-corrected chi connectivity index (χ0v) is 13.7. The molecule has 0 amide bonds. The van der Waals surface area contributed by atoms with Gasteiger partial charge in [-0.3, -0.25) is 0 Å². The summed E-state index contributed by atoms with van der Waals surface area (Å²) in [4.78, 5) is 0. The number of hydrogen-bond acceptors (Lipinski definition) is 4. The molecule has 5 nitrogen and oxygen atoms in total. The third-order valence-electron chi connectivity index (χ3n) is 3.88. The lowest BCUT2D eigenvalue weighted by Gasteiger charge is -2.35. The largest absolute Gasteiger partial charge is 0.378 e. The number of rotatable bonds is 7. The highest BCUT2D eigenvalue weighted by molar-refractivity contribution is 7.89. The Hall–Kier alpha value is -0.170. The number of sulfonamides is 1. The Kier molecular flexibility index (Phi) is 7.43. The van der Waals surface area contributed by atoms with Crippen molar-refractivity contribution in [2.24, 2.45) is 5.73 Å². The first-order valence-corrected chi connectivity index (χ1v) is 9.38. The van der Waals surface area contributed by atoms with Crippen LogP contribution in [0, 0.1) is 0 Å². The van der Waals surface area contributed by atoms with Crippen molar-refractivity contribution in [3.05, 3.63) is 0 Å². The van der Waals surface area contributed by atoms with Crippen LogP contribution < -0.4 is 10.5 Å². The van der Waals surface area contributed by atoms with E-state index in [4.69, 9.17) is 10.5 Å². The molecule has 1 rings (SSSR count). The van der Waals surface area contributed by atoms with Crippen molar-refractivity contribution in [1.82, 2.24) is 4.72 Å². The van der Waals surface area contributed by atoms with Crippen LogP contribution in [-0.2, 0) is 14.8 Å². The van der Waals surface area contributed by atoms with Crippen molar-refractivity contribution < 1.29 is 13.2 Å². The van der Waals surface area contributed by atoms with Crippen LogP contribution >= 0.6 is 0 Å². The highest BCUT2D eigenvalue weighted by Gasteiger charge is 2.33. The standard InChI is InChI=1S/C14H30N2O3S/c1-13(2)19-10-11-20(17,18)16-14(12-15)8-6-4-3-5-7-9-14/h13,16H,3-12,15H2,1-2H3. The summed E-state index contributed by atoms with van der Waals surface area (Å²) in [5, 5.41) is 0. The van der Waals surface area contributed by atoms with E-state index in [1.54, 1.807) is 0 Å². The van der Waals surface area contributed by atoms with Crippen LogP contribution in [0.15, 0.2) is 0 Å². The molecule has 0 aromatic heterocycles. The third kappa shape index (κ3) is 6.52. The molecule has 3 N–H and O–H groups in total. The highest BCUT2D eigenvalue weighted by Crippen LogP contribution is 2.26. The van der Waals surface area contributed by atoms with E-state index >= 15 is 0 Å². The Bertz CT molecular complexity index is 361. The SMILES string of the molecule is CC(C)OCCS(=O)(=O)NC1(CN)CCCCCCC1. The first-order valence-electron chi connectivity index (χ1n) is 7.72. The summed E-state index contributed by atoms with van der Waals surface area (Å²) in [5.41, 5.74) is 5.44. The molecular weight excluding hydrogens is 276 g/mol. The van der Waals surface area contributed by atoms with E-state index in [1.807, 2.05) is 13.8 Å². The van der Waals surface area contributed by atoms with E-state index in [0.29, 0.717) is 6.54 Å². The van der Waals surface area contributed by atoms with Gasteiger partial charge in [0.05, 0.1) is 18.5 Å². The van der Waals surface area contributed by atoms with E-state index in [2.05, 4.69) is 4.72 Å². The first kappa shape index (κ1) is 17.9. The Morgan fingerprint density at radius 2 is 1.70 bits per heavy atom. The molecule has 0 aliphatic heterocycles. The predicted molar refractivity (Wildman–Crippen MR) is 82.1 cm³/mol. The number of hydrogen-bond donors (Lipinski definition) is 2. The minimum Gasteiger partial charge on any atom is -0.378 e. The Morgan fingerprint density at radius 3 is 2.20 bits per heavy atom. The van der Waals surface area contributed by atoms with Gasteiger partial charge in [-0.1, -0.05) is 32.1 Å². The molecule has 0 bridgehead atoms. The van der Waals surface area contributed by atoms with Gasteiger partial charge in [0, 0.05) is 12.1 Å². The molecule has 0 aromatic carbocycles. The molecule has 0 unspecified atom stereocenters. The molecule has 1 saturated carbocycles. The molecular formula is C14H30N2O3S. The molecule has 0 radical (unpaired) electrons. The van der Waals surface area contributed by atoms with Gasteiger partial charge in [0.25, 0.3) is 0 Å². The molecule has 20 heavy (non-hydrogen) atoms. The topological polar surface area (TPSA) is 81.4 Å². The second kappa shape index (κ2) is 8.32. The number of ether oxygens (including phenoxy) is 1. The van der Waals surface area contributed by atoms with Gasteiger partial charge in [0.1, 0.15) is 0 Å². The van der Waals surface area contributed by atoms with E-state index in [0.717, 1.165) is 25.7 Å². The summed E-state index contributed by atoms with van der Waals surface area (Å²) >= 11 is 0. The van der Waals surface area contributed by atoms with Crippen molar-refractivity contribution in [3.63, 3.8) is 0 Å². The summed E-state index contributed by atoms with van der Waals surface area (Å²) in [6.07, 6.45) is 7.40. The van der Waals surface area contributed by atoms with Gasteiger partial charge in [-0.2, -0.15) is 0 Å². The molecule has 1 aliphatic rings. The predicted octanol–water partition coefficient (Wildman–Crippen LogP) is 1.77. The van der Waals surface area contributed by atoms with E-state index in [1.165, 1.54) is 19.3 Å².